The van der Waals surface area contributed by atoms with Crippen LogP contribution >= 0.6 is 22.9 Å². The molecule has 25 heavy (non-hydrogen) atoms. The lowest BCUT2D eigenvalue weighted by molar-refractivity contribution is 0.181. The summed E-state index contributed by atoms with van der Waals surface area (Å²) in [5.41, 5.74) is 1.78. The third-order valence-electron chi connectivity index (χ3n) is 4.88. The molecule has 0 aliphatic carbocycles. The van der Waals surface area contributed by atoms with E-state index >= 15 is 0 Å². The Morgan fingerprint density at radius 1 is 1.36 bits per heavy atom. The van der Waals surface area contributed by atoms with E-state index in [0.717, 1.165) is 40.8 Å². The lowest BCUT2D eigenvalue weighted by Gasteiger charge is -2.29. The summed E-state index contributed by atoms with van der Waals surface area (Å²) in [4.78, 5) is 23.5. The maximum atomic E-state index is 12.7. The van der Waals surface area contributed by atoms with Crippen molar-refractivity contribution in [3.8, 4) is 11.1 Å². The van der Waals surface area contributed by atoms with E-state index in [9.17, 15) is 4.79 Å². The van der Waals surface area contributed by atoms with Crippen molar-refractivity contribution in [2.45, 2.75) is 26.3 Å². The zero-order chi connectivity index (χ0) is 17.4. The van der Waals surface area contributed by atoms with E-state index in [1.165, 1.54) is 24.2 Å². The molecule has 0 bridgehead atoms. The van der Waals surface area contributed by atoms with Gasteiger partial charge in [0.1, 0.15) is 10.7 Å². The molecule has 1 saturated heterocycles. The highest BCUT2D eigenvalue weighted by Gasteiger charge is 2.18. The summed E-state index contributed by atoms with van der Waals surface area (Å²) in [5, 5.41) is 3.31. The first-order valence-electron chi connectivity index (χ1n) is 8.59. The topological polar surface area (TPSA) is 49.0 Å². The lowest BCUT2D eigenvalue weighted by Crippen LogP contribution is -2.33. The Balaban J connectivity index is 1.66. The van der Waals surface area contributed by atoms with Gasteiger partial charge >= 0.3 is 0 Å². The second-order valence-corrected chi connectivity index (χ2v) is 8.11. The van der Waals surface area contributed by atoms with Gasteiger partial charge in [0.25, 0.3) is 5.56 Å². The Morgan fingerprint density at radius 3 is 2.92 bits per heavy atom. The average Bonchev–Trinajstić information content (AvgIpc) is 3.01. The summed E-state index contributed by atoms with van der Waals surface area (Å²) in [6.45, 7) is 5.15. The molecule has 1 aliphatic heterocycles. The molecule has 0 unspecified atom stereocenters. The van der Waals surface area contributed by atoms with Crippen LogP contribution < -0.4 is 5.56 Å². The normalized spacial score (nSPS) is 16.6. The monoisotopic (exact) mass is 373 g/mol. The summed E-state index contributed by atoms with van der Waals surface area (Å²) in [7, 11) is 0. The standard InChI is InChI=1S/C19H20ClN3OS/c1-12-5-7-23(8-6-12)10-16-21-18(24)17-15(11-25-19(17)22-16)13-3-2-4-14(20)9-13/h2-4,9,11-12H,5-8,10H2,1H3,(H,21,22,24). The molecule has 0 amide bonds. The number of aromatic nitrogens is 2. The van der Waals surface area contributed by atoms with Crippen molar-refractivity contribution in [1.82, 2.24) is 14.9 Å². The molecular weight excluding hydrogens is 354 g/mol. The van der Waals surface area contributed by atoms with Crippen LogP contribution in [0.5, 0.6) is 0 Å². The van der Waals surface area contributed by atoms with E-state index in [2.05, 4.69) is 16.8 Å². The Hall–Kier alpha value is -1.69. The van der Waals surface area contributed by atoms with Gasteiger partial charge in [0.15, 0.2) is 0 Å². The molecule has 3 aromatic rings. The summed E-state index contributed by atoms with van der Waals surface area (Å²) in [6.07, 6.45) is 2.43. The second-order valence-electron chi connectivity index (χ2n) is 6.81. The summed E-state index contributed by atoms with van der Waals surface area (Å²) < 4.78 is 0. The zero-order valence-electron chi connectivity index (χ0n) is 14.1. The fourth-order valence-corrected chi connectivity index (χ4v) is 4.53. The molecule has 3 heterocycles. The predicted molar refractivity (Wildman–Crippen MR) is 104 cm³/mol. The molecule has 0 saturated carbocycles. The van der Waals surface area contributed by atoms with Gasteiger partial charge in [-0.2, -0.15) is 0 Å². The van der Waals surface area contributed by atoms with Crippen LogP contribution in [-0.4, -0.2) is 28.0 Å². The summed E-state index contributed by atoms with van der Waals surface area (Å²) >= 11 is 7.61. The SMILES string of the molecule is CC1CCN(Cc2nc3scc(-c4cccc(Cl)c4)c3c(=O)[nH]2)CC1. The minimum atomic E-state index is -0.0680. The minimum absolute atomic E-state index is 0.0680. The van der Waals surface area contributed by atoms with E-state index in [-0.39, 0.29) is 5.56 Å². The van der Waals surface area contributed by atoms with Gasteiger partial charge in [-0.25, -0.2) is 4.98 Å². The van der Waals surface area contributed by atoms with Crippen molar-refractivity contribution in [3.63, 3.8) is 0 Å². The van der Waals surface area contributed by atoms with Crippen LogP contribution in [0.3, 0.4) is 0 Å². The minimum Gasteiger partial charge on any atom is -0.309 e. The largest absolute Gasteiger partial charge is 0.309 e. The first kappa shape index (κ1) is 16.8. The lowest BCUT2D eigenvalue weighted by atomic mass is 9.99. The zero-order valence-corrected chi connectivity index (χ0v) is 15.7. The van der Waals surface area contributed by atoms with Gasteiger partial charge in [0.2, 0.25) is 0 Å². The Kier molecular flexibility index (Phi) is 4.63. The van der Waals surface area contributed by atoms with Gasteiger partial charge < -0.3 is 4.98 Å². The number of likely N-dealkylation sites (tertiary alicyclic amines) is 1. The molecule has 4 nitrogen and oxygen atoms in total. The Bertz CT molecular complexity index is 957. The van der Waals surface area contributed by atoms with Crippen molar-refractivity contribution in [2.24, 2.45) is 5.92 Å². The number of fused-ring (bicyclic) bond motifs is 1. The van der Waals surface area contributed by atoms with Crippen molar-refractivity contribution in [2.75, 3.05) is 13.1 Å². The molecule has 130 valence electrons. The number of H-pyrrole nitrogens is 1. The number of hydrogen-bond acceptors (Lipinski definition) is 4. The van der Waals surface area contributed by atoms with Gasteiger partial charge in [-0.15, -0.1) is 11.3 Å². The molecule has 6 heteroatoms. The number of nitrogens with zero attached hydrogens (tertiary/aromatic N) is 2. The maximum Gasteiger partial charge on any atom is 0.260 e. The van der Waals surface area contributed by atoms with Crippen LogP contribution in [0, 0.1) is 5.92 Å². The number of piperidine rings is 1. The van der Waals surface area contributed by atoms with Crippen molar-refractivity contribution >= 4 is 33.2 Å². The molecule has 1 fully saturated rings. The van der Waals surface area contributed by atoms with Crippen LogP contribution in [-0.2, 0) is 6.54 Å². The molecule has 0 atom stereocenters. The number of hydrogen-bond donors (Lipinski definition) is 1. The van der Waals surface area contributed by atoms with E-state index in [0.29, 0.717) is 17.0 Å². The van der Waals surface area contributed by atoms with E-state index in [1.54, 1.807) is 0 Å². The molecule has 2 aromatic heterocycles. The van der Waals surface area contributed by atoms with Gasteiger partial charge in [-0.1, -0.05) is 30.7 Å². The number of aromatic amines is 1. The van der Waals surface area contributed by atoms with Gasteiger partial charge in [-0.05, 0) is 49.5 Å². The number of thiophene rings is 1. The summed E-state index contributed by atoms with van der Waals surface area (Å²) in [6, 6.07) is 7.58. The molecule has 1 aliphatic rings. The van der Waals surface area contributed by atoms with Crippen molar-refractivity contribution < 1.29 is 0 Å². The van der Waals surface area contributed by atoms with Gasteiger partial charge in [0.05, 0.1) is 11.9 Å². The third kappa shape index (κ3) is 3.50. The highest BCUT2D eigenvalue weighted by Crippen LogP contribution is 2.32. The Labute approximate surface area is 155 Å². The Morgan fingerprint density at radius 2 is 2.16 bits per heavy atom. The van der Waals surface area contributed by atoms with Gasteiger partial charge in [0, 0.05) is 16.0 Å². The maximum absolute atomic E-state index is 12.7. The fourth-order valence-electron chi connectivity index (χ4n) is 3.37. The molecule has 0 radical (unpaired) electrons. The molecule has 0 spiro atoms. The van der Waals surface area contributed by atoms with E-state index < -0.39 is 0 Å². The van der Waals surface area contributed by atoms with Crippen molar-refractivity contribution in [3.05, 3.63) is 50.8 Å². The number of rotatable bonds is 3. The van der Waals surface area contributed by atoms with Gasteiger partial charge in [-0.3, -0.25) is 9.69 Å². The van der Waals surface area contributed by atoms with Crippen LogP contribution in [0.2, 0.25) is 5.02 Å². The third-order valence-corrected chi connectivity index (χ3v) is 5.99. The van der Waals surface area contributed by atoms with E-state index in [1.807, 2.05) is 29.6 Å². The molecule has 1 N–H and O–H groups in total. The van der Waals surface area contributed by atoms with E-state index in [4.69, 9.17) is 16.6 Å². The molecule has 1 aromatic carbocycles. The first-order chi connectivity index (χ1) is 12.1. The number of benzene rings is 1. The van der Waals surface area contributed by atoms with Crippen LogP contribution in [0.25, 0.3) is 21.3 Å². The highest BCUT2D eigenvalue weighted by atomic mass is 35.5. The van der Waals surface area contributed by atoms with Crippen LogP contribution in [0.4, 0.5) is 0 Å². The van der Waals surface area contributed by atoms with Crippen molar-refractivity contribution in [1.29, 1.82) is 0 Å². The second kappa shape index (κ2) is 6.90. The summed E-state index contributed by atoms with van der Waals surface area (Å²) in [5.74, 6) is 1.55. The molecule has 4 rings (SSSR count). The smallest absolute Gasteiger partial charge is 0.260 e. The quantitative estimate of drug-likeness (QED) is 0.733. The number of nitrogens with one attached hydrogen (secondary N) is 1. The first-order valence-corrected chi connectivity index (χ1v) is 9.84. The molecular formula is C19H20ClN3OS. The highest BCUT2D eigenvalue weighted by molar-refractivity contribution is 7.17. The van der Waals surface area contributed by atoms with Crippen LogP contribution in [0.15, 0.2) is 34.4 Å². The average molecular weight is 374 g/mol. The predicted octanol–water partition coefficient (Wildman–Crippen LogP) is 4.54. The van der Waals surface area contributed by atoms with Crippen LogP contribution in [0.1, 0.15) is 25.6 Å². The fraction of sp³-hybridized carbons (Fsp3) is 0.368. The number of halogens is 1.